The molecule has 1 aliphatic heterocycles. The number of thioether (sulfide) groups is 1. The van der Waals surface area contributed by atoms with Gasteiger partial charge in [0.05, 0.1) is 5.69 Å². The number of nitrogens with zero attached hydrogens (tertiary/aromatic N) is 3. The van der Waals surface area contributed by atoms with Gasteiger partial charge < -0.3 is 10.2 Å². The third-order valence-corrected chi connectivity index (χ3v) is 5.81. The van der Waals surface area contributed by atoms with Gasteiger partial charge in [-0.05, 0) is 43.5 Å². The highest BCUT2D eigenvalue weighted by Crippen LogP contribution is 2.20. The minimum absolute atomic E-state index is 0.00521. The highest BCUT2D eigenvalue weighted by atomic mass is 32.2. The predicted molar refractivity (Wildman–Crippen MR) is 112 cm³/mol. The number of anilines is 1. The molecule has 0 radical (unpaired) electrons. The number of likely N-dealkylation sites (tertiary alicyclic amines) is 1. The third kappa shape index (κ3) is 6.05. The Morgan fingerprint density at radius 3 is 2.68 bits per heavy atom. The van der Waals surface area contributed by atoms with E-state index in [0.29, 0.717) is 38.2 Å². The molecule has 0 aliphatic carbocycles. The van der Waals surface area contributed by atoms with Gasteiger partial charge in [0.2, 0.25) is 11.8 Å². The topological polar surface area (TPSA) is 75.2 Å². The van der Waals surface area contributed by atoms with Gasteiger partial charge in [0.25, 0.3) is 0 Å². The Bertz CT molecular complexity index is 775. The Labute approximate surface area is 170 Å². The normalized spacial score (nSPS) is 14.7. The summed E-state index contributed by atoms with van der Waals surface area (Å²) in [5, 5.41) is 2.88. The molecule has 1 fully saturated rings. The van der Waals surface area contributed by atoms with Crippen LogP contribution < -0.4 is 5.32 Å². The maximum Gasteiger partial charge on any atom is 0.228 e. The highest BCUT2D eigenvalue weighted by Gasteiger charge is 2.27. The lowest BCUT2D eigenvalue weighted by Crippen LogP contribution is -2.41. The molecule has 2 aromatic heterocycles. The van der Waals surface area contributed by atoms with Crippen LogP contribution in [0.3, 0.4) is 0 Å². The van der Waals surface area contributed by atoms with E-state index >= 15 is 0 Å². The largest absolute Gasteiger partial charge is 0.343 e. The van der Waals surface area contributed by atoms with Gasteiger partial charge >= 0.3 is 0 Å². The second-order valence-corrected chi connectivity index (χ2v) is 8.09. The summed E-state index contributed by atoms with van der Waals surface area (Å²) in [6.45, 7) is 3.24. The van der Waals surface area contributed by atoms with Crippen LogP contribution in [-0.2, 0) is 15.3 Å². The lowest BCUT2D eigenvalue weighted by atomic mass is 9.95. The molecule has 0 aromatic carbocycles. The van der Waals surface area contributed by atoms with Crippen LogP contribution in [0.15, 0.2) is 42.7 Å². The fourth-order valence-corrected chi connectivity index (χ4v) is 3.98. The summed E-state index contributed by atoms with van der Waals surface area (Å²) < 4.78 is 0. The monoisotopic (exact) mass is 398 g/mol. The molecule has 6 nitrogen and oxygen atoms in total. The molecule has 2 amide bonds. The molecular formula is C21H26N4O2S. The molecule has 7 heteroatoms. The molecule has 0 unspecified atom stereocenters. The first-order chi connectivity index (χ1) is 13.6. The second-order valence-electron chi connectivity index (χ2n) is 6.99. The first-order valence-electron chi connectivity index (χ1n) is 9.61. The molecule has 1 saturated heterocycles. The van der Waals surface area contributed by atoms with E-state index in [1.54, 1.807) is 24.2 Å². The Morgan fingerprint density at radius 1 is 1.18 bits per heavy atom. The van der Waals surface area contributed by atoms with Crippen molar-refractivity contribution in [3.63, 3.8) is 0 Å². The van der Waals surface area contributed by atoms with Crippen molar-refractivity contribution in [1.82, 2.24) is 14.9 Å². The molecule has 28 heavy (non-hydrogen) atoms. The van der Waals surface area contributed by atoms with E-state index in [9.17, 15) is 9.59 Å². The van der Waals surface area contributed by atoms with E-state index < -0.39 is 0 Å². The fraction of sp³-hybridized carbons (Fsp3) is 0.429. The predicted octanol–water partition coefficient (Wildman–Crippen LogP) is 3.29. The average Bonchev–Trinajstić information content (AvgIpc) is 2.73. The van der Waals surface area contributed by atoms with Crippen LogP contribution in [0, 0.1) is 12.8 Å². The number of rotatable bonds is 7. The van der Waals surface area contributed by atoms with Crippen molar-refractivity contribution < 1.29 is 9.59 Å². The number of aryl methyl sites for hydroxylation is 1. The Kier molecular flexibility index (Phi) is 7.42. The summed E-state index contributed by atoms with van der Waals surface area (Å²) in [5.41, 5.74) is 2.10. The Hall–Kier alpha value is -2.41. The number of pyridine rings is 2. The van der Waals surface area contributed by atoms with E-state index in [2.05, 4.69) is 15.3 Å². The van der Waals surface area contributed by atoms with E-state index in [4.69, 9.17) is 0 Å². The number of hydrogen-bond acceptors (Lipinski definition) is 5. The molecule has 0 spiro atoms. The molecule has 1 aliphatic rings. The van der Waals surface area contributed by atoms with Gasteiger partial charge in [-0.25, -0.2) is 4.98 Å². The quantitative estimate of drug-likeness (QED) is 0.725. The summed E-state index contributed by atoms with van der Waals surface area (Å²) in [6, 6.07) is 9.61. The van der Waals surface area contributed by atoms with Crippen molar-refractivity contribution in [2.24, 2.45) is 5.92 Å². The van der Waals surface area contributed by atoms with Crippen LogP contribution in [0.4, 0.5) is 5.82 Å². The third-order valence-electron chi connectivity index (χ3n) is 4.82. The lowest BCUT2D eigenvalue weighted by molar-refractivity contribution is -0.134. The van der Waals surface area contributed by atoms with Crippen LogP contribution in [0.5, 0.6) is 0 Å². The molecule has 0 atom stereocenters. The summed E-state index contributed by atoms with van der Waals surface area (Å²) in [6.07, 6.45) is 5.45. The molecule has 0 bridgehead atoms. The number of carbonyl (C=O) groups is 2. The maximum absolute atomic E-state index is 12.4. The van der Waals surface area contributed by atoms with E-state index in [-0.39, 0.29) is 17.7 Å². The molecule has 1 N–H and O–H groups in total. The van der Waals surface area contributed by atoms with E-state index in [1.165, 1.54) is 0 Å². The fourth-order valence-electron chi connectivity index (χ4n) is 3.14. The molecule has 3 rings (SSSR count). The summed E-state index contributed by atoms with van der Waals surface area (Å²) in [5.74, 6) is 2.30. The van der Waals surface area contributed by atoms with Gasteiger partial charge in [0.15, 0.2) is 0 Å². The minimum Gasteiger partial charge on any atom is -0.343 e. The first kappa shape index (κ1) is 20.3. The number of aromatic nitrogens is 2. The van der Waals surface area contributed by atoms with Gasteiger partial charge in [-0.3, -0.25) is 14.6 Å². The van der Waals surface area contributed by atoms with Crippen molar-refractivity contribution in [3.8, 4) is 0 Å². The van der Waals surface area contributed by atoms with E-state index in [1.807, 2.05) is 42.2 Å². The van der Waals surface area contributed by atoms with Gasteiger partial charge in [-0.15, -0.1) is 0 Å². The SMILES string of the molecule is Cc1ccc(NC(=O)C2CCN(C(=O)CCSCc3ccccn3)CC2)nc1. The van der Waals surface area contributed by atoms with Gasteiger partial charge in [0.1, 0.15) is 5.82 Å². The number of hydrogen-bond donors (Lipinski definition) is 1. The lowest BCUT2D eigenvalue weighted by Gasteiger charge is -2.31. The Morgan fingerprint density at radius 2 is 2.00 bits per heavy atom. The molecule has 148 valence electrons. The first-order valence-corrected chi connectivity index (χ1v) is 10.8. The highest BCUT2D eigenvalue weighted by molar-refractivity contribution is 7.98. The van der Waals surface area contributed by atoms with Crippen LogP contribution in [0.2, 0.25) is 0 Å². The summed E-state index contributed by atoms with van der Waals surface area (Å²) in [7, 11) is 0. The molecule has 2 aromatic rings. The zero-order valence-corrected chi connectivity index (χ0v) is 17.0. The van der Waals surface area contributed by atoms with Crippen molar-refractivity contribution >= 4 is 29.4 Å². The number of piperidine rings is 1. The smallest absolute Gasteiger partial charge is 0.228 e. The molecule has 3 heterocycles. The minimum atomic E-state index is -0.0642. The number of amides is 2. The van der Waals surface area contributed by atoms with Crippen LogP contribution in [0.25, 0.3) is 0 Å². The van der Waals surface area contributed by atoms with Crippen LogP contribution >= 0.6 is 11.8 Å². The van der Waals surface area contributed by atoms with Gasteiger partial charge in [0, 0.05) is 49.3 Å². The summed E-state index contributed by atoms with van der Waals surface area (Å²) >= 11 is 1.73. The number of carbonyl (C=O) groups excluding carboxylic acids is 2. The number of nitrogens with one attached hydrogen (secondary N) is 1. The van der Waals surface area contributed by atoms with Crippen molar-refractivity contribution in [3.05, 3.63) is 54.0 Å². The zero-order valence-electron chi connectivity index (χ0n) is 16.1. The van der Waals surface area contributed by atoms with Crippen LogP contribution in [-0.4, -0.2) is 45.5 Å². The molecular weight excluding hydrogens is 372 g/mol. The maximum atomic E-state index is 12.4. The van der Waals surface area contributed by atoms with Crippen molar-refractivity contribution in [2.45, 2.75) is 31.9 Å². The van der Waals surface area contributed by atoms with Gasteiger partial charge in [-0.1, -0.05) is 12.1 Å². The van der Waals surface area contributed by atoms with E-state index in [0.717, 1.165) is 22.8 Å². The van der Waals surface area contributed by atoms with Crippen molar-refractivity contribution in [1.29, 1.82) is 0 Å². The Balaban J connectivity index is 1.35. The average molecular weight is 399 g/mol. The second kappa shape index (κ2) is 10.2. The van der Waals surface area contributed by atoms with Gasteiger partial charge in [-0.2, -0.15) is 11.8 Å². The summed E-state index contributed by atoms with van der Waals surface area (Å²) in [4.78, 5) is 35.2. The van der Waals surface area contributed by atoms with Crippen LogP contribution in [0.1, 0.15) is 30.5 Å². The zero-order chi connectivity index (χ0) is 19.8. The standard InChI is InChI=1S/C21H26N4O2S/c1-16-5-6-19(23-14-16)24-21(27)17-7-11-25(12-8-17)20(26)9-13-28-15-18-4-2-3-10-22-18/h2-6,10,14,17H,7-9,11-13,15H2,1H3,(H,23,24,27). The van der Waals surface area contributed by atoms with Crippen molar-refractivity contribution in [2.75, 3.05) is 24.2 Å². The molecule has 0 saturated carbocycles.